The van der Waals surface area contributed by atoms with Gasteiger partial charge in [-0.2, -0.15) is 0 Å². The van der Waals surface area contributed by atoms with Crippen molar-refractivity contribution in [2.24, 2.45) is 7.05 Å². The number of nitrogens with one attached hydrogen (secondary N) is 1. The van der Waals surface area contributed by atoms with Gasteiger partial charge in [-0.05, 0) is 13.0 Å². The average Bonchev–Trinajstić information content (AvgIpc) is 2.76. The number of halogens is 1. The first-order valence-corrected chi connectivity index (χ1v) is 8.33. The Balaban J connectivity index is 1.81. The molecule has 1 aliphatic rings. The molecule has 0 atom stereocenters. The molecule has 20 heavy (non-hydrogen) atoms. The fourth-order valence-corrected chi connectivity index (χ4v) is 3.83. The van der Waals surface area contributed by atoms with Crippen LogP contribution in [0.15, 0.2) is 11.4 Å². The molecule has 9 heteroatoms. The summed E-state index contributed by atoms with van der Waals surface area (Å²) >= 11 is 5.79. The fraction of sp³-hybridized carbons (Fsp3) is 0.727. The third kappa shape index (κ3) is 3.92. The van der Waals surface area contributed by atoms with Crippen molar-refractivity contribution < 1.29 is 13.2 Å². The maximum atomic E-state index is 12.1. The van der Waals surface area contributed by atoms with Crippen LogP contribution in [0, 0.1) is 0 Å². The molecule has 7 nitrogen and oxygen atoms in total. The van der Waals surface area contributed by atoms with Gasteiger partial charge in [0.05, 0.1) is 19.5 Å². The number of aromatic nitrogens is 2. The van der Waals surface area contributed by atoms with Crippen LogP contribution in [-0.4, -0.2) is 62.3 Å². The first kappa shape index (κ1) is 15.7. The summed E-state index contributed by atoms with van der Waals surface area (Å²) in [5, 5.41) is -0.00119. The number of hydrogen-bond donors (Lipinski definition) is 1. The van der Waals surface area contributed by atoms with E-state index >= 15 is 0 Å². The maximum absolute atomic E-state index is 12.1. The van der Waals surface area contributed by atoms with Gasteiger partial charge in [-0.15, -0.1) is 0 Å². The molecule has 1 aromatic rings. The second-order valence-electron chi connectivity index (χ2n) is 4.66. The highest BCUT2D eigenvalue weighted by Crippen LogP contribution is 2.18. The van der Waals surface area contributed by atoms with Gasteiger partial charge in [-0.3, -0.25) is 4.90 Å². The van der Waals surface area contributed by atoms with E-state index in [0.29, 0.717) is 6.54 Å². The van der Waals surface area contributed by atoms with E-state index in [1.165, 1.54) is 10.9 Å². The number of nitrogens with zero attached hydrogens (tertiary/aromatic N) is 3. The SMILES string of the molecule is Cn1cnc(Cl)c1S(=O)(=O)NCCCN1CCOCC1. The van der Waals surface area contributed by atoms with E-state index in [0.717, 1.165) is 39.3 Å². The lowest BCUT2D eigenvalue weighted by molar-refractivity contribution is 0.0376. The zero-order valence-corrected chi connectivity index (χ0v) is 13.0. The molecular formula is C11H19ClN4O3S. The summed E-state index contributed by atoms with van der Waals surface area (Å²) in [7, 11) is -2.01. The standard InChI is InChI=1S/C11H19ClN4O3S/c1-15-9-13-10(12)11(15)20(17,18)14-3-2-4-16-5-7-19-8-6-16/h9,14H,2-8H2,1H3. The van der Waals surface area contributed by atoms with Gasteiger partial charge in [0.25, 0.3) is 10.0 Å². The van der Waals surface area contributed by atoms with Crippen LogP contribution in [0.25, 0.3) is 0 Å². The highest BCUT2D eigenvalue weighted by molar-refractivity contribution is 7.89. The topological polar surface area (TPSA) is 76.5 Å². The molecule has 2 heterocycles. The van der Waals surface area contributed by atoms with Crippen LogP contribution in [0.4, 0.5) is 0 Å². The van der Waals surface area contributed by atoms with Crippen LogP contribution < -0.4 is 4.72 Å². The Bertz CT molecular complexity index is 520. The summed E-state index contributed by atoms with van der Waals surface area (Å²) in [6.07, 6.45) is 2.12. The number of ether oxygens (including phenoxy) is 1. The van der Waals surface area contributed by atoms with Crippen LogP contribution in [0.3, 0.4) is 0 Å². The van der Waals surface area contributed by atoms with Crippen LogP contribution >= 0.6 is 11.6 Å². The van der Waals surface area contributed by atoms with Gasteiger partial charge in [0.1, 0.15) is 0 Å². The van der Waals surface area contributed by atoms with Crippen LogP contribution in [0.5, 0.6) is 0 Å². The molecule has 0 amide bonds. The Hall–Kier alpha value is -0.670. The third-order valence-corrected chi connectivity index (χ3v) is 5.11. The molecule has 0 unspecified atom stereocenters. The van der Waals surface area contributed by atoms with Crippen molar-refractivity contribution in [2.45, 2.75) is 11.4 Å². The van der Waals surface area contributed by atoms with Crippen molar-refractivity contribution in [3.8, 4) is 0 Å². The minimum atomic E-state index is -3.61. The molecule has 0 saturated carbocycles. The molecule has 1 aromatic heterocycles. The van der Waals surface area contributed by atoms with Gasteiger partial charge in [0.2, 0.25) is 0 Å². The maximum Gasteiger partial charge on any atom is 0.259 e. The van der Waals surface area contributed by atoms with Gasteiger partial charge < -0.3 is 9.30 Å². The van der Waals surface area contributed by atoms with Gasteiger partial charge in [-0.25, -0.2) is 18.1 Å². The first-order chi connectivity index (χ1) is 9.50. The summed E-state index contributed by atoms with van der Waals surface area (Å²) in [5.41, 5.74) is 0. The number of imidazole rings is 1. The Morgan fingerprint density at radius 3 is 2.75 bits per heavy atom. The molecule has 0 bridgehead atoms. The Labute approximate surface area is 123 Å². The Kier molecular flexibility index (Phi) is 5.39. The highest BCUT2D eigenvalue weighted by atomic mass is 35.5. The summed E-state index contributed by atoms with van der Waals surface area (Å²) in [4.78, 5) is 6.03. The van der Waals surface area contributed by atoms with Gasteiger partial charge in [0.15, 0.2) is 10.2 Å². The van der Waals surface area contributed by atoms with E-state index in [1.54, 1.807) is 7.05 Å². The zero-order chi connectivity index (χ0) is 14.6. The number of hydrogen-bond acceptors (Lipinski definition) is 5. The minimum absolute atomic E-state index is 0.00513. The van der Waals surface area contributed by atoms with E-state index in [2.05, 4.69) is 14.6 Å². The van der Waals surface area contributed by atoms with Crippen LogP contribution in [0.2, 0.25) is 5.15 Å². The molecule has 0 spiro atoms. The van der Waals surface area contributed by atoms with Crippen molar-refractivity contribution in [3.63, 3.8) is 0 Å². The van der Waals surface area contributed by atoms with Crippen molar-refractivity contribution in [2.75, 3.05) is 39.4 Å². The van der Waals surface area contributed by atoms with E-state index in [4.69, 9.17) is 16.3 Å². The number of sulfonamides is 1. The summed E-state index contributed by atoms with van der Waals surface area (Å²) in [6.45, 7) is 4.53. The summed E-state index contributed by atoms with van der Waals surface area (Å²) in [6, 6.07) is 0. The summed E-state index contributed by atoms with van der Waals surface area (Å²) < 4.78 is 33.4. The minimum Gasteiger partial charge on any atom is -0.379 e. The predicted molar refractivity (Wildman–Crippen MR) is 75.3 cm³/mol. The quantitative estimate of drug-likeness (QED) is 0.750. The second-order valence-corrected chi connectivity index (χ2v) is 6.70. The van der Waals surface area contributed by atoms with Crippen molar-refractivity contribution in [3.05, 3.63) is 11.5 Å². The first-order valence-electron chi connectivity index (χ1n) is 6.47. The van der Waals surface area contributed by atoms with E-state index in [9.17, 15) is 8.42 Å². The fourth-order valence-electron chi connectivity index (χ4n) is 2.09. The normalized spacial score (nSPS) is 17.5. The highest BCUT2D eigenvalue weighted by Gasteiger charge is 2.22. The molecule has 1 saturated heterocycles. The molecular weight excluding hydrogens is 304 g/mol. The zero-order valence-electron chi connectivity index (χ0n) is 11.4. The average molecular weight is 323 g/mol. The van der Waals surface area contributed by atoms with Crippen molar-refractivity contribution in [1.29, 1.82) is 0 Å². The molecule has 1 N–H and O–H groups in total. The number of rotatable bonds is 6. The van der Waals surface area contributed by atoms with Gasteiger partial charge >= 0.3 is 0 Å². The Morgan fingerprint density at radius 2 is 2.15 bits per heavy atom. The third-order valence-electron chi connectivity index (χ3n) is 3.14. The molecule has 1 aliphatic heterocycles. The van der Waals surface area contributed by atoms with E-state index in [-0.39, 0.29) is 10.2 Å². The lowest BCUT2D eigenvalue weighted by atomic mass is 10.3. The molecule has 0 aliphatic carbocycles. The van der Waals surface area contributed by atoms with Gasteiger partial charge in [0, 0.05) is 26.7 Å². The monoisotopic (exact) mass is 322 g/mol. The Morgan fingerprint density at radius 1 is 1.45 bits per heavy atom. The number of morpholine rings is 1. The second kappa shape index (κ2) is 6.86. The lowest BCUT2D eigenvalue weighted by Gasteiger charge is -2.26. The van der Waals surface area contributed by atoms with Crippen molar-refractivity contribution >= 4 is 21.6 Å². The molecule has 114 valence electrons. The molecule has 1 fully saturated rings. The van der Waals surface area contributed by atoms with Crippen LogP contribution in [0.1, 0.15) is 6.42 Å². The molecule has 0 aromatic carbocycles. The largest absolute Gasteiger partial charge is 0.379 e. The molecule has 0 radical (unpaired) electrons. The molecule has 2 rings (SSSR count). The predicted octanol–water partition coefficient (Wildman–Crippen LogP) is 0.0741. The smallest absolute Gasteiger partial charge is 0.259 e. The van der Waals surface area contributed by atoms with E-state index < -0.39 is 10.0 Å². The number of aryl methyl sites for hydroxylation is 1. The van der Waals surface area contributed by atoms with Crippen LogP contribution in [-0.2, 0) is 21.8 Å². The lowest BCUT2D eigenvalue weighted by Crippen LogP contribution is -2.38. The van der Waals surface area contributed by atoms with E-state index in [1.807, 2.05) is 0 Å². The van der Waals surface area contributed by atoms with Gasteiger partial charge in [-0.1, -0.05) is 11.6 Å². The summed E-state index contributed by atoms with van der Waals surface area (Å²) in [5.74, 6) is 0. The van der Waals surface area contributed by atoms with Crippen molar-refractivity contribution in [1.82, 2.24) is 19.2 Å².